The summed E-state index contributed by atoms with van der Waals surface area (Å²) in [5.74, 6) is 1.82. The van der Waals surface area contributed by atoms with Gasteiger partial charge in [-0.05, 0) is 97.0 Å². The molecule has 2 amide bonds. The standard InChI is InChI=1S/C31H39FN10O2/c1-21-12-24(30-36-38-39-40(30)2)15-27(13-21)34-31(43)35-28-9-11-42(19-29-33-20-44-37-29)18-25(28)17-41-10-3-4-23(16-41)14-22-5-7-26(32)8-6-22/h5-8,12-13,15,20,23,25,28H,3-4,9-11,14,16-19H2,1-2H3,(H2,34,35,43)/t23-,25+,28+/m0/s1. The number of hydrogen-bond acceptors (Lipinski definition) is 9. The van der Waals surface area contributed by atoms with Gasteiger partial charge in [0.1, 0.15) is 5.82 Å². The number of hydrogen-bond donors (Lipinski definition) is 2. The number of anilines is 1. The Morgan fingerprint density at radius 2 is 1.95 bits per heavy atom. The quantitative estimate of drug-likeness (QED) is 0.295. The van der Waals surface area contributed by atoms with E-state index in [4.69, 9.17) is 4.52 Å². The molecule has 0 unspecified atom stereocenters. The van der Waals surface area contributed by atoms with E-state index in [1.807, 2.05) is 37.3 Å². The van der Waals surface area contributed by atoms with Crippen LogP contribution in [-0.4, -0.2) is 84.9 Å². The predicted octanol–water partition coefficient (Wildman–Crippen LogP) is 3.67. The van der Waals surface area contributed by atoms with E-state index in [-0.39, 0.29) is 23.8 Å². The van der Waals surface area contributed by atoms with E-state index in [1.165, 1.54) is 12.0 Å². The van der Waals surface area contributed by atoms with E-state index in [0.29, 0.717) is 29.8 Å². The lowest BCUT2D eigenvalue weighted by Gasteiger charge is -2.42. The highest BCUT2D eigenvalue weighted by Gasteiger charge is 2.33. The van der Waals surface area contributed by atoms with Gasteiger partial charge in [-0.1, -0.05) is 17.3 Å². The SMILES string of the molecule is Cc1cc(NC(=O)N[C@@H]2CCN(Cc3ncon3)C[C@H]2CN2CCC[C@@H](Cc3ccc(F)cc3)C2)cc(-c2nnnn2C)c1. The summed E-state index contributed by atoms with van der Waals surface area (Å²) in [6.45, 7) is 7.12. The van der Waals surface area contributed by atoms with Crippen LogP contribution in [0.25, 0.3) is 11.4 Å². The van der Waals surface area contributed by atoms with Gasteiger partial charge in [-0.2, -0.15) is 4.98 Å². The fraction of sp³-hybridized carbons (Fsp3) is 0.484. The third-order valence-electron chi connectivity index (χ3n) is 8.65. The molecule has 0 radical (unpaired) electrons. The molecule has 2 aromatic carbocycles. The van der Waals surface area contributed by atoms with Crippen LogP contribution < -0.4 is 10.6 Å². The molecule has 4 heterocycles. The van der Waals surface area contributed by atoms with E-state index < -0.39 is 0 Å². The lowest BCUT2D eigenvalue weighted by atomic mass is 9.88. The molecule has 0 spiro atoms. The second kappa shape index (κ2) is 13.6. The summed E-state index contributed by atoms with van der Waals surface area (Å²) in [7, 11) is 1.79. The maximum atomic E-state index is 13.4. The summed E-state index contributed by atoms with van der Waals surface area (Å²) in [4.78, 5) is 22.4. The molecular weight excluding hydrogens is 563 g/mol. The molecule has 0 bridgehead atoms. The number of carbonyl (C=O) groups is 1. The van der Waals surface area contributed by atoms with E-state index in [0.717, 1.165) is 69.5 Å². The van der Waals surface area contributed by atoms with Gasteiger partial charge < -0.3 is 20.1 Å². The second-order valence-corrected chi connectivity index (χ2v) is 12.1. The topological polar surface area (TPSA) is 130 Å². The number of tetrazole rings is 1. The van der Waals surface area contributed by atoms with Crippen LogP contribution in [0.15, 0.2) is 53.4 Å². The minimum atomic E-state index is -0.230. The fourth-order valence-corrected chi connectivity index (χ4v) is 6.65. The van der Waals surface area contributed by atoms with Gasteiger partial charge in [0.05, 0.1) is 6.54 Å². The average Bonchev–Trinajstić information content (AvgIpc) is 3.67. The highest BCUT2D eigenvalue weighted by atomic mass is 19.1. The Morgan fingerprint density at radius 3 is 2.73 bits per heavy atom. The smallest absolute Gasteiger partial charge is 0.319 e. The molecule has 2 N–H and O–H groups in total. The zero-order valence-corrected chi connectivity index (χ0v) is 25.2. The minimum absolute atomic E-state index is 0.00112. The van der Waals surface area contributed by atoms with Gasteiger partial charge in [-0.15, -0.1) is 5.10 Å². The monoisotopic (exact) mass is 602 g/mol. The number of nitrogens with zero attached hydrogens (tertiary/aromatic N) is 8. The lowest BCUT2D eigenvalue weighted by Crippen LogP contribution is -2.55. The van der Waals surface area contributed by atoms with Crippen molar-refractivity contribution < 1.29 is 13.7 Å². The molecule has 2 saturated heterocycles. The summed E-state index contributed by atoms with van der Waals surface area (Å²) in [6.07, 6.45) is 5.40. The van der Waals surface area contributed by atoms with Gasteiger partial charge in [0, 0.05) is 56.4 Å². The van der Waals surface area contributed by atoms with Crippen LogP contribution in [-0.2, 0) is 20.0 Å². The summed E-state index contributed by atoms with van der Waals surface area (Å²) < 4.78 is 20.0. The molecule has 2 aliphatic heterocycles. The Labute approximate surface area is 256 Å². The molecule has 2 aromatic heterocycles. The summed E-state index contributed by atoms with van der Waals surface area (Å²) in [6, 6.07) is 12.5. The Kier molecular flexibility index (Phi) is 9.22. The maximum Gasteiger partial charge on any atom is 0.319 e. The summed E-state index contributed by atoms with van der Waals surface area (Å²) in [5.41, 5.74) is 3.69. The molecule has 0 aliphatic carbocycles. The zero-order chi connectivity index (χ0) is 30.5. The van der Waals surface area contributed by atoms with Crippen LogP contribution in [0.1, 0.15) is 36.2 Å². The van der Waals surface area contributed by atoms with Crippen molar-refractivity contribution in [2.24, 2.45) is 18.9 Å². The lowest BCUT2D eigenvalue weighted by molar-refractivity contribution is 0.0803. The zero-order valence-electron chi connectivity index (χ0n) is 25.2. The molecule has 12 nitrogen and oxygen atoms in total. The van der Waals surface area contributed by atoms with Crippen molar-refractivity contribution in [1.29, 1.82) is 0 Å². The van der Waals surface area contributed by atoms with Crippen LogP contribution in [0.3, 0.4) is 0 Å². The van der Waals surface area contributed by atoms with Crippen molar-refractivity contribution >= 4 is 11.7 Å². The maximum absolute atomic E-state index is 13.4. The molecular formula is C31H39FN10O2. The number of rotatable bonds is 9. The normalized spacial score (nSPS) is 21.3. The van der Waals surface area contributed by atoms with E-state index in [9.17, 15) is 9.18 Å². The summed E-state index contributed by atoms with van der Waals surface area (Å²) in [5, 5.41) is 22.1. The van der Waals surface area contributed by atoms with Crippen molar-refractivity contribution in [2.45, 2.75) is 45.2 Å². The predicted molar refractivity (Wildman–Crippen MR) is 162 cm³/mol. The van der Waals surface area contributed by atoms with Gasteiger partial charge in [0.25, 0.3) is 0 Å². The molecule has 2 aliphatic rings. The van der Waals surface area contributed by atoms with Crippen molar-refractivity contribution in [3.05, 3.63) is 71.6 Å². The first-order valence-electron chi connectivity index (χ1n) is 15.2. The van der Waals surface area contributed by atoms with Crippen molar-refractivity contribution in [2.75, 3.05) is 38.0 Å². The second-order valence-electron chi connectivity index (χ2n) is 12.1. The summed E-state index contributed by atoms with van der Waals surface area (Å²) >= 11 is 0. The number of aromatic nitrogens is 6. The van der Waals surface area contributed by atoms with E-state index >= 15 is 0 Å². The van der Waals surface area contributed by atoms with Gasteiger partial charge >= 0.3 is 6.03 Å². The molecule has 6 rings (SSSR count). The number of nitrogens with one attached hydrogen (secondary N) is 2. The number of halogens is 1. The van der Waals surface area contributed by atoms with Crippen LogP contribution in [0.4, 0.5) is 14.9 Å². The number of aryl methyl sites for hydroxylation is 2. The number of benzene rings is 2. The number of urea groups is 1. The Hall–Kier alpha value is -4.23. The number of piperidine rings is 2. The first-order chi connectivity index (χ1) is 21.4. The van der Waals surface area contributed by atoms with Crippen LogP contribution >= 0.6 is 0 Å². The first kappa shape index (κ1) is 29.8. The number of amides is 2. The Morgan fingerprint density at radius 1 is 1.09 bits per heavy atom. The highest BCUT2D eigenvalue weighted by molar-refractivity contribution is 5.90. The van der Waals surface area contributed by atoms with Crippen molar-refractivity contribution in [1.82, 2.24) is 45.5 Å². The third kappa shape index (κ3) is 7.64. The average molecular weight is 603 g/mol. The van der Waals surface area contributed by atoms with Crippen LogP contribution in [0, 0.1) is 24.6 Å². The number of carbonyl (C=O) groups excluding carboxylic acids is 1. The van der Waals surface area contributed by atoms with Gasteiger partial charge in [0.15, 0.2) is 11.6 Å². The first-order valence-corrected chi connectivity index (χ1v) is 15.2. The molecule has 2 fully saturated rings. The van der Waals surface area contributed by atoms with Crippen LogP contribution in [0.5, 0.6) is 0 Å². The Balaban J connectivity index is 1.12. The van der Waals surface area contributed by atoms with Gasteiger partial charge in [0.2, 0.25) is 6.39 Å². The van der Waals surface area contributed by atoms with Crippen molar-refractivity contribution in [3.8, 4) is 11.4 Å². The van der Waals surface area contributed by atoms with E-state index in [2.05, 4.69) is 46.1 Å². The molecule has 232 valence electrons. The van der Waals surface area contributed by atoms with E-state index in [1.54, 1.807) is 23.9 Å². The molecule has 3 atom stereocenters. The molecule has 44 heavy (non-hydrogen) atoms. The molecule has 0 saturated carbocycles. The van der Waals surface area contributed by atoms with Crippen LogP contribution in [0.2, 0.25) is 0 Å². The van der Waals surface area contributed by atoms with Gasteiger partial charge in [-0.3, -0.25) is 4.90 Å². The molecule has 13 heteroatoms. The fourth-order valence-electron chi connectivity index (χ4n) is 6.65. The highest BCUT2D eigenvalue weighted by Crippen LogP contribution is 2.26. The Bertz CT molecular complexity index is 1530. The van der Waals surface area contributed by atoms with Crippen molar-refractivity contribution in [3.63, 3.8) is 0 Å². The van der Waals surface area contributed by atoms with Gasteiger partial charge in [-0.25, -0.2) is 13.9 Å². The third-order valence-corrected chi connectivity index (χ3v) is 8.65. The number of likely N-dealkylation sites (tertiary alicyclic amines) is 2. The largest absolute Gasteiger partial charge is 0.343 e. The molecule has 4 aromatic rings. The minimum Gasteiger partial charge on any atom is -0.343 e.